The van der Waals surface area contributed by atoms with Crippen molar-refractivity contribution >= 4 is 15.7 Å². The smallest absolute Gasteiger partial charge is 0.744 e. The molecule has 0 bridgehead atoms. The topological polar surface area (TPSA) is 57.2 Å². The van der Waals surface area contributed by atoms with Crippen LogP contribution >= 0.6 is 0 Å². The molecular weight excluding hydrogens is 274 g/mol. The van der Waals surface area contributed by atoms with E-state index in [1.807, 2.05) is 0 Å². The number of hydrogen-bond acceptors (Lipinski definition) is 3. The molecule has 0 fully saturated rings. The van der Waals surface area contributed by atoms with Gasteiger partial charge in [0.25, 0.3) is 0 Å². The van der Waals surface area contributed by atoms with Gasteiger partial charge in [0.15, 0.2) is 0 Å². The van der Waals surface area contributed by atoms with Crippen LogP contribution in [-0.2, 0) is 10.1 Å². The van der Waals surface area contributed by atoms with Crippen molar-refractivity contribution in [3.8, 4) is 0 Å². The second kappa shape index (κ2) is 5.68. The maximum absolute atomic E-state index is 10.8. The first-order chi connectivity index (χ1) is 5.93. The maximum Gasteiger partial charge on any atom is 1.00 e. The molecule has 1 aromatic rings. The van der Waals surface area contributed by atoms with Crippen molar-refractivity contribution in [2.45, 2.75) is 11.8 Å². The largest absolute Gasteiger partial charge is 1.00 e. The molecule has 0 saturated heterocycles. The van der Waals surface area contributed by atoms with Crippen LogP contribution in [0.15, 0.2) is 35.7 Å². The molecule has 5 heteroatoms. The van der Waals surface area contributed by atoms with Crippen LogP contribution in [0.1, 0.15) is 12.5 Å². The minimum absolute atomic E-state index is 0. The summed E-state index contributed by atoms with van der Waals surface area (Å²) in [4.78, 5) is -0.206. The monoisotopic (exact) mass is 282 g/mol. The van der Waals surface area contributed by atoms with E-state index in [-0.39, 0.29) is 63.1 Å². The van der Waals surface area contributed by atoms with E-state index in [1.165, 1.54) is 12.1 Å². The van der Waals surface area contributed by atoms with E-state index in [9.17, 15) is 13.0 Å². The van der Waals surface area contributed by atoms with Gasteiger partial charge in [-0.3, -0.25) is 0 Å². The maximum atomic E-state index is 10.8. The third-order valence-corrected chi connectivity index (χ3v) is 2.51. The summed E-state index contributed by atoms with van der Waals surface area (Å²) in [6.07, 6.45) is 0. The Balaban J connectivity index is 0.00000169. The van der Waals surface area contributed by atoms with Crippen molar-refractivity contribution in [3.05, 3.63) is 36.4 Å². The summed E-state index contributed by atoms with van der Waals surface area (Å²) in [5.41, 5.74) is 0.951. The average molecular weight is 283 g/mol. The first-order valence-corrected chi connectivity index (χ1v) is 5.04. The number of benzene rings is 1. The zero-order valence-electron chi connectivity index (χ0n) is 8.15. The third-order valence-electron chi connectivity index (χ3n) is 1.62. The van der Waals surface area contributed by atoms with E-state index in [4.69, 9.17) is 0 Å². The third kappa shape index (κ3) is 3.68. The molecule has 0 aliphatic carbocycles. The summed E-state index contributed by atoms with van der Waals surface area (Å²) in [7, 11) is -4.39. The fraction of sp³-hybridized carbons (Fsp3) is 0.111. The number of rotatable bonds is 2. The Morgan fingerprint density at radius 1 is 1.36 bits per heavy atom. The van der Waals surface area contributed by atoms with Crippen molar-refractivity contribution in [2.75, 3.05) is 0 Å². The van der Waals surface area contributed by atoms with Gasteiger partial charge in [-0.15, -0.1) is 0 Å². The van der Waals surface area contributed by atoms with Crippen LogP contribution in [0.2, 0.25) is 0 Å². The number of allylic oxidation sites excluding steroid dienone is 1. The van der Waals surface area contributed by atoms with Crippen LogP contribution in [0, 0.1) is 0 Å². The molecule has 70 valence electrons. The molecule has 0 aromatic heterocycles. The molecule has 1 rings (SSSR count). The molecule has 0 saturated carbocycles. The molecular formula is C9H9O3RbS. The van der Waals surface area contributed by atoms with Gasteiger partial charge >= 0.3 is 58.2 Å². The summed E-state index contributed by atoms with van der Waals surface area (Å²) >= 11 is 0. The van der Waals surface area contributed by atoms with Gasteiger partial charge in [-0.2, -0.15) is 0 Å². The first kappa shape index (κ1) is 14.7. The molecule has 0 amide bonds. The first-order valence-electron chi connectivity index (χ1n) is 3.64. The minimum Gasteiger partial charge on any atom is -0.744 e. The Kier molecular flexibility index (Phi) is 5.95. The summed E-state index contributed by atoms with van der Waals surface area (Å²) in [6, 6.07) is 6.02. The summed E-state index contributed by atoms with van der Waals surface area (Å²) in [5.74, 6) is 0. The normalized spacial score (nSPS) is 10.4. The van der Waals surface area contributed by atoms with E-state index >= 15 is 0 Å². The zero-order valence-corrected chi connectivity index (χ0v) is 13.9. The van der Waals surface area contributed by atoms with Crippen molar-refractivity contribution in [2.24, 2.45) is 0 Å². The van der Waals surface area contributed by atoms with Crippen LogP contribution in [0.25, 0.3) is 5.57 Å². The zero-order chi connectivity index (χ0) is 10.1. The van der Waals surface area contributed by atoms with E-state index in [1.54, 1.807) is 19.1 Å². The summed E-state index contributed by atoms with van der Waals surface area (Å²) in [5, 5.41) is 0. The van der Waals surface area contributed by atoms with Gasteiger partial charge in [-0.05, 0) is 24.1 Å². The van der Waals surface area contributed by atoms with Gasteiger partial charge in [-0.1, -0.05) is 24.8 Å². The summed E-state index contributed by atoms with van der Waals surface area (Å²) in [6.45, 7) is 5.25. The van der Waals surface area contributed by atoms with Crippen LogP contribution < -0.4 is 58.2 Å². The molecule has 3 nitrogen and oxygen atoms in total. The summed E-state index contributed by atoms with van der Waals surface area (Å²) < 4.78 is 32.3. The quantitative estimate of drug-likeness (QED) is 0.629. The molecule has 0 aliphatic heterocycles. The fourth-order valence-electron chi connectivity index (χ4n) is 1.04. The Labute approximate surface area is 133 Å². The molecule has 14 heavy (non-hydrogen) atoms. The Bertz CT molecular complexity index is 437. The van der Waals surface area contributed by atoms with E-state index in [0.29, 0.717) is 11.1 Å². The van der Waals surface area contributed by atoms with Crippen LogP contribution in [-0.4, -0.2) is 13.0 Å². The van der Waals surface area contributed by atoms with Gasteiger partial charge in [0, 0.05) is 0 Å². The molecule has 1 aromatic carbocycles. The van der Waals surface area contributed by atoms with Gasteiger partial charge in [0.2, 0.25) is 0 Å². The van der Waals surface area contributed by atoms with Crippen molar-refractivity contribution in [1.29, 1.82) is 0 Å². The Hall–Kier alpha value is 0.675. The van der Waals surface area contributed by atoms with Crippen molar-refractivity contribution < 1.29 is 71.2 Å². The standard InChI is InChI=1S/C9H10O3S.Rb/c1-7(2)8-5-3-4-6-9(8)13(10,11)12;/h3-6H,1H2,2H3,(H,10,11,12);/q;+1/p-1. The van der Waals surface area contributed by atoms with Gasteiger partial charge in [0.1, 0.15) is 10.1 Å². The molecule has 0 spiro atoms. The molecule has 0 atom stereocenters. The van der Waals surface area contributed by atoms with Gasteiger partial charge < -0.3 is 4.55 Å². The molecule has 0 aliphatic rings. The van der Waals surface area contributed by atoms with Crippen LogP contribution in [0.4, 0.5) is 0 Å². The van der Waals surface area contributed by atoms with Crippen LogP contribution in [0.3, 0.4) is 0 Å². The molecule has 0 N–H and O–H groups in total. The van der Waals surface area contributed by atoms with E-state index < -0.39 is 10.1 Å². The minimum atomic E-state index is -4.39. The SMILES string of the molecule is C=C(C)c1ccccc1S(=O)(=O)[O-].[Rb+]. The second-order valence-electron chi connectivity index (χ2n) is 2.73. The number of hydrogen-bond donors (Lipinski definition) is 0. The van der Waals surface area contributed by atoms with Gasteiger partial charge in [0.05, 0.1) is 4.90 Å². The predicted molar refractivity (Wildman–Crippen MR) is 49.1 cm³/mol. The van der Waals surface area contributed by atoms with Gasteiger partial charge in [-0.25, -0.2) is 8.42 Å². The average Bonchev–Trinajstić information content (AvgIpc) is 2.03. The second-order valence-corrected chi connectivity index (χ2v) is 4.08. The van der Waals surface area contributed by atoms with Crippen LogP contribution in [0.5, 0.6) is 0 Å². The fourth-order valence-corrected chi connectivity index (χ4v) is 1.79. The van der Waals surface area contributed by atoms with Crippen molar-refractivity contribution in [3.63, 3.8) is 0 Å². The predicted octanol–water partition coefficient (Wildman–Crippen LogP) is -1.37. The Morgan fingerprint density at radius 3 is 2.21 bits per heavy atom. The molecule has 0 radical (unpaired) electrons. The van der Waals surface area contributed by atoms with E-state index in [2.05, 4.69) is 6.58 Å². The van der Waals surface area contributed by atoms with Crippen molar-refractivity contribution in [1.82, 2.24) is 0 Å². The Morgan fingerprint density at radius 2 is 1.86 bits per heavy atom. The molecule has 0 unspecified atom stereocenters. The van der Waals surface area contributed by atoms with E-state index in [0.717, 1.165) is 0 Å². The molecule has 0 heterocycles.